The lowest BCUT2D eigenvalue weighted by Gasteiger charge is -2.43. The van der Waals surface area contributed by atoms with Crippen LogP contribution in [0.15, 0.2) is 244 Å². The summed E-state index contributed by atoms with van der Waals surface area (Å²) >= 11 is 3.98. The minimum Gasteiger partial charge on any atom is -0.468 e. The predicted molar refractivity (Wildman–Crippen MR) is 416 cm³/mol. The first-order chi connectivity index (χ1) is 45.3. The summed E-state index contributed by atoms with van der Waals surface area (Å²) in [6.07, 6.45) is 1.87. The molecule has 486 valence electrons. The highest BCUT2D eigenvalue weighted by molar-refractivity contribution is 9.10. The maximum Gasteiger partial charge on any atom is 0.297 e. The Labute approximate surface area is 579 Å². The summed E-state index contributed by atoms with van der Waals surface area (Å²) in [5.74, 6) is 0. The number of fused-ring (bicyclic) bond motifs is 7. The summed E-state index contributed by atoms with van der Waals surface area (Å²) in [4.78, 5) is 9.57. The summed E-state index contributed by atoms with van der Waals surface area (Å²) in [6.45, 7) is 40.8. The highest BCUT2D eigenvalue weighted by atomic mass is 79.9. The smallest absolute Gasteiger partial charge is 0.297 e. The first-order valence-corrected chi connectivity index (χ1v) is 34.9. The molecule has 96 heavy (non-hydrogen) atoms. The van der Waals surface area contributed by atoms with Gasteiger partial charge in [-0.05, 0) is 214 Å². The Morgan fingerprint density at radius 2 is 0.760 bits per heavy atom. The summed E-state index contributed by atoms with van der Waals surface area (Å²) in [6, 6.07) is 82.4. The van der Waals surface area contributed by atoms with Crippen LogP contribution in [0.2, 0.25) is 0 Å². The fraction of sp³-hybridized carbons (Fsp3) is 0.273. The number of hydrogen-bond acceptors (Lipinski definition) is 6. The normalized spacial score (nSPS) is 13.3. The Morgan fingerprint density at radius 1 is 0.344 bits per heavy atom. The van der Waals surface area contributed by atoms with Crippen LogP contribution in [0.1, 0.15) is 158 Å². The van der Waals surface area contributed by atoms with Crippen molar-refractivity contribution < 1.29 is 8.83 Å². The summed E-state index contributed by atoms with van der Waals surface area (Å²) in [5.41, 5.74) is 26.9. The monoisotopic (exact) mass is 1330 g/mol. The number of furan rings is 2. The van der Waals surface area contributed by atoms with Gasteiger partial charge in [-0.15, -0.1) is 0 Å². The maximum absolute atomic E-state index is 6.99. The summed E-state index contributed by atoms with van der Waals surface area (Å²) < 4.78 is 14.1. The van der Waals surface area contributed by atoms with Gasteiger partial charge in [0.1, 0.15) is 17.4 Å². The minimum absolute atomic E-state index is 0.000220. The van der Waals surface area contributed by atoms with Crippen molar-refractivity contribution in [1.29, 1.82) is 0 Å². The lowest BCUT2D eigenvalue weighted by Crippen LogP contribution is -2.61. The molecule has 12 aromatic rings. The molecule has 0 unspecified atom stereocenters. The molecule has 0 saturated heterocycles. The van der Waals surface area contributed by atoms with Crippen molar-refractivity contribution in [3.63, 3.8) is 0 Å². The molecule has 6 nitrogen and oxygen atoms in total. The third kappa shape index (κ3) is 12.4. The first kappa shape index (κ1) is 65.7. The van der Waals surface area contributed by atoms with Crippen molar-refractivity contribution in [2.45, 2.75) is 157 Å². The Kier molecular flexibility index (Phi) is 16.6. The first-order valence-electron chi connectivity index (χ1n) is 34.1. The topological polar surface area (TPSA) is 39.2 Å². The summed E-state index contributed by atoms with van der Waals surface area (Å²) in [5, 5.41) is 2.20. The zero-order chi connectivity index (χ0) is 68.2. The van der Waals surface area contributed by atoms with Gasteiger partial charge >= 0.3 is 0 Å². The predicted octanol–water partition coefficient (Wildman–Crippen LogP) is 24.4. The molecular weight excluding hydrogens is 1240 g/mol. The van der Waals surface area contributed by atoms with Crippen molar-refractivity contribution in [3.05, 3.63) is 269 Å². The lowest BCUT2D eigenvalue weighted by molar-refractivity contribution is 0.589. The lowest BCUT2D eigenvalue weighted by atomic mass is 9.35. The van der Waals surface area contributed by atoms with Gasteiger partial charge in [-0.3, -0.25) is 0 Å². The quantitative estimate of drug-likeness (QED) is 0.141. The molecule has 0 N–H and O–H groups in total. The van der Waals surface area contributed by atoms with Crippen LogP contribution in [-0.4, -0.2) is 6.71 Å². The molecule has 0 radical (unpaired) electrons. The summed E-state index contributed by atoms with van der Waals surface area (Å²) in [7, 11) is 0. The Bertz CT molecular complexity index is 4840. The Hall–Kier alpha value is -8.98. The van der Waals surface area contributed by atoms with Crippen LogP contribution < -0.4 is 36.2 Å². The highest BCUT2D eigenvalue weighted by Gasteiger charge is 2.47. The largest absolute Gasteiger partial charge is 0.468 e. The van der Waals surface area contributed by atoms with Crippen LogP contribution in [0.25, 0.3) is 21.9 Å². The van der Waals surface area contributed by atoms with Gasteiger partial charge < -0.3 is 28.4 Å². The second-order valence-electron chi connectivity index (χ2n) is 32.6. The van der Waals surface area contributed by atoms with Crippen molar-refractivity contribution in [3.8, 4) is 0 Å². The molecular formula is C88H92BBrN4O2. The molecule has 14 rings (SSSR count). The zero-order valence-corrected chi connectivity index (χ0v) is 61.1. The molecule has 10 aromatic carbocycles. The van der Waals surface area contributed by atoms with Crippen LogP contribution >= 0.6 is 15.9 Å². The van der Waals surface area contributed by atoms with E-state index in [4.69, 9.17) is 8.83 Å². The highest BCUT2D eigenvalue weighted by Crippen LogP contribution is 2.50. The van der Waals surface area contributed by atoms with Gasteiger partial charge in [0.15, 0.2) is 0 Å². The van der Waals surface area contributed by atoms with Crippen molar-refractivity contribution >= 4 is 129 Å². The van der Waals surface area contributed by atoms with E-state index in [1.807, 2.05) is 18.4 Å². The third-order valence-corrected chi connectivity index (χ3v) is 20.1. The molecule has 0 fully saturated rings. The average Bonchev–Trinajstić information content (AvgIpc) is 1.28. The van der Waals surface area contributed by atoms with Crippen LogP contribution in [0.5, 0.6) is 0 Å². The van der Waals surface area contributed by atoms with Crippen molar-refractivity contribution in [1.82, 2.24) is 0 Å². The van der Waals surface area contributed by atoms with Crippen molar-refractivity contribution in [2.75, 3.05) is 19.6 Å². The number of nitrogens with zero attached hydrogens (tertiary/aromatic N) is 4. The van der Waals surface area contributed by atoms with Crippen LogP contribution in [0, 0.1) is 0 Å². The molecule has 4 heterocycles. The van der Waals surface area contributed by atoms with E-state index in [1.54, 1.807) is 0 Å². The van der Waals surface area contributed by atoms with Gasteiger partial charge in [0.25, 0.3) is 6.71 Å². The Balaban J connectivity index is 0.000000174. The molecule has 0 saturated carbocycles. The molecule has 2 aliphatic rings. The van der Waals surface area contributed by atoms with E-state index in [0.29, 0.717) is 0 Å². The van der Waals surface area contributed by atoms with Gasteiger partial charge in [-0.25, -0.2) is 0 Å². The van der Waals surface area contributed by atoms with Gasteiger partial charge in [0, 0.05) is 66.4 Å². The van der Waals surface area contributed by atoms with E-state index >= 15 is 0 Å². The second kappa shape index (κ2) is 24.3. The zero-order valence-electron chi connectivity index (χ0n) is 59.5. The van der Waals surface area contributed by atoms with E-state index in [-0.39, 0.29) is 39.2 Å². The number of rotatable bonds is 8. The van der Waals surface area contributed by atoms with E-state index in [2.05, 4.69) is 372 Å². The average molecular weight is 1330 g/mol. The molecule has 8 heteroatoms. The van der Waals surface area contributed by atoms with E-state index < -0.39 is 0 Å². The maximum atomic E-state index is 6.99. The second-order valence-corrected chi connectivity index (χ2v) is 33.4. The molecule has 0 amide bonds. The third-order valence-electron chi connectivity index (χ3n) is 19.4. The molecule has 0 atom stereocenters. The van der Waals surface area contributed by atoms with E-state index in [1.165, 1.54) is 61.4 Å². The number of benzene rings is 10. The van der Waals surface area contributed by atoms with Crippen LogP contribution in [0.4, 0.5) is 68.2 Å². The molecule has 0 aliphatic carbocycles. The minimum atomic E-state index is -0.0499. The van der Waals surface area contributed by atoms with Gasteiger partial charge in [-0.2, -0.15) is 0 Å². The molecule has 2 aliphatic heterocycles. The number of hydrogen-bond donors (Lipinski definition) is 0. The van der Waals surface area contributed by atoms with Crippen LogP contribution in [-0.2, 0) is 32.5 Å². The molecule has 0 bridgehead atoms. The van der Waals surface area contributed by atoms with Crippen molar-refractivity contribution in [2.24, 2.45) is 0 Å². The number of anilines is 12. The standard InChI is InChI=1S/C44H45BN2O.C44H47BrN2O/c1-42(2,3)28-17-22-31(23-18-28)46-35-26-21-30(44(7,8)9)27-34(35)45-39-36(46)14-12-15-37(39)47(32-24-19-29(20-25-32)43(4,5)6)40-33-13-10-11-16-38(33)48-41(40)45;1-42(2,3)30-17-22-33(23-18-30)46(39-26-21-32(27-38(39)45)44(7,8)9)35-13-12-14-36(28-35)47(34-24-19-31(20-25-34)43(4,5)6)40-29-48-41-16-11-10-15-37(40)41/h10-27H,1-9H3;10-29H,1-9H3. The molecule has 0 spiro atoms. The molecule has 2 aromatic heterocycles. The van der Waals surface area contributed by atoms with E-state index in [9.17, 15) is 0 Å². The number of halogens is 1. The van der Waals surface area contributed by atoms with Gasteiger partial charge in [-0.1, -0.05) is 228 Å². The van der Waals surface area contributed by atoms with Gasteiger partial charge in [0.2, 0.25) is 0 Å². The van der Waals surface area contributed by atoms with Gasteiger partial charge in [0.05, 0.1) is 22.7 Å². The SMILES string of the molecule is CC(C)(C)c1ccc(N(c2cccc(N(c3ccc(C(C)(C)C)cc3)c3coc4ccccc34)c2)c2ccc(C(C)(C)C)cc2Br)cc1.CC(C)(C)c1ccc(N2c3ccc(C(C)(C)C)cc3B3c4oc5ccccc5c4N(c4ccc(C(C)(C)C)cc4)c4cccc2c43)cc1. The Morgan fingerprint density at radius 3 is 1.27 bits per heavy atom. The fourth-order valence-corrected chi connectivity index (χ4v) is 14.3. The van der Waals surface area contributed by atoms with E-state index in [0.717, 1.165) is 83.3 Å². The van der Waals surface area contributed by atoms with Crippen LogP contribution in [0.3, 0.4) is 0 Å². The fourth-order valence-electron chi connectivity index (χ4n) is 13.7. The number of para-hydroxylation sites is 2.